The van der Waals surface area contributed by atoms with Crippen LogP contribution >= 0.6 is 0 Å². The average molecular weight is 363 g/mol. The van der Waals surface area contributed by atoms with Gasteiger partial charge in [-0.1, -0.05) is 0 Å². The van der Waals surface area contributed by atoms with E-state index in [0.29, 0.717) is 0 Å². The molecule has 0 bridgehead atoms. The number of carboxylic acids is 3. The monoisotopic (exact) mass is 363 g/mol. The van der Waals surface area contributed by atoms with Crippen molar-refractivity contribution in [1.29, 1.82) is 0 Å². The molecule has 19 heavy (non-hydrogen) atoms. The summed E-state index contributed by atoms with van der Waals surface area (Å²) in [6, 6.07) is 0. The molecule has 0 saturated heterocycles. The number of hydrogen-bond acceptors (Lipinski definition) is 7. The van der Waals surface area contributed by atoms with Gasteiger partial charge in [0.2, 0.25) is 0 Å². The Balaban J connectivity index is -0.0000000480. The first-order valence-corrected chi connectivity index (χ1v) is 3.11. The van der Waals surface area contributed by atoms with Crippen LogP contribution in [0.2, 0.25) is 0 Å². The van der Waals surface area contributed by atoms with Gasteiger partial charge in [0, 0.05) is 24.8 Å². The van der Waals surface area contributed by atoms with Gasteiger partial charge in [-0.25, -0.2) is 0 Å². The zero-order valence-corrected chi connectivity index (χ0v) is 16.6. The van der Waals surface area contributed by atoms with Crippen molar-refractivity contribution >= 4 is 131 Å². The van der Waals surface area contributed by atoms with Crippen LogP contribution in [0.25, 0.3) is 0 Å². The zero-order valence-electron chi connectivity index (χ0n) is 9.93. The number of aliphatic carboxylic acids is 3. The van der Waals surface area contributed by atoms with Crippen LogP contribution in [0.5, 0.6) is 0 Å². The fourth-order valence-corrected chi connectivity index (χ4v) is 0.684. The SMILES string of the molecule is O.O.O.O=C([O-])CC(O)(CC(=O)[O-])C(=O)[O-].[Ca+2].[Ca+2].[Ca+2]. The summed E-state index contributed by atoms with van der Waals surface area (Å²) in [7, 11) is 0. The molecule has 0 aliphatic heterocycles. The van der Waals surface area contributed by atoms with E-state index >= 15 is 0 Å². The summed E-state index contributed by atoms with van der Waals surface area (Å²) in [4.78, 5) is 30.0. The number of rotatable bonds is 5. The third-order valence-electron chi connectivity index (χ3n) is 1.25. The minimum Gasteiger partial charge on any atom is -0.550 e. The molecule has 0 aliphatic rings. The van der Waals surface area contributed by atoms with E-state index in [4.69, 9.17) is 5.11 Å². The average Bonchev–Trinajstić information content (AvgIpc) is 1.82. The van der Waals surface area contributed by atoms with Crippen LogP contribution in [0.1, 0.15) is 12.8 Å². The van der Waals surface area contributed by atoms with Crippen LogP contribution in [0.15, 0.2) is 0 Å². The Hall–Kier alpha value is 2.03. The molecule has 13 heteroatoms. The molecule has 0 rings (SSSR count). The summed E-state index contributed by atoms with van der Waals surface area (Å²) >= 11 is 0. The minimum absolute atomic E-state index is 0. The summed E-state index contributed by atoms with van der Waals surface area (Å²) in [6.45, 7) is 0. The summed E-state index contributed by atoms with van der Waals surface area (Å²) in [5, 5.41) is 38.9. The molecule has 0 aromatic heterocycles. The van der Waals surface area contributed by atoms with Crippen LogP contribution in [-0.2, 0) is 14.4 Å². The fourth-order valence-electron chi connectivity index (χ4n) is 0.684. The summed E-state index contributed by atoms with van der Waals surface area (Å²) in [6.07, 6.45) is -2.72. The van der Waals surface area contributed by atoms with Gasteiger partial charge in [-0.3, -0.25) is 0 Å². The molecule has 0 aromatic rings. The van der Waals surface area contributed by atoms with E-state index in [1.165, 1.54) is 0 Å². The van der Waals surface area contributed by atoms with Gasteiger partial charge in [-0.05, 0) is 0 Å². The predicted octanol–water partition coefficient (Wildman–Crippen LogP) is -8.87. The Bertz CT molecular complexity index is 242. The van der Waals surface area contributed by atoms with Crippen molar-refractivity contribution < 1.29 is 51.2 Å². The summed E-state index contributed by atoms with van der Waals surface area (Å²) < 4.78 is 0. The van der Waals surface area contributed by atoms with E-state index in [2.05, 4.69) is 0 Å². The van der Waals surface area contributed by atoms with Gasteiger partial charge < -0.3 is 51.2 Å². The van der Waals surface area contributed by atoms with E-state index in [1.54, 1.807) is 0 Å². The maximum atomic E-state index is 10.1. The van der Waals surface area contributed by atoms with E-state index in [9.17, 15) is 29.7 Å². The number of carboxylic acid groups (broad SMARTS) is 3. The number of carbonyl (C=O) groups excluding carboxylic acids is 3. The van der Waals surface area contributed by atoms with E-state index in [1.807, 2.05) is 0 Å². The fraction of sp³-hybridized carbons (Fsp3) is 0.500. The second kappa shape index (κ2) is 20.0. The molecule has 0 heterocycles. The van der Waals surface area contributed by atoms with Gasteiger partial charge in [0.25, 0.3) is 0 Å². The quantitative estimate of drug-likeness (QED) is 0.462. The summed E-state index contributed by atoms with van der Waals surface area (Å²) in [5.74, 6) is -5.98. The standard InChI is InChI=1S/C6H8O7.3Ca.3H2O/c7-3(8)1-6(13,5(11)12)2-4(9)10;;;;;;/h13H,1-2H2,(H,7,8)(H,9,10)(H,11,12);;;;3*1H2/q;3*+2;;;/p-3. The third kappa shape index (κ3) is 20.0. The van der Waals surface area contributed by atoms with E-state index < -0.39 is 36.4 Å². The molecule has 0 aliphatic carbocycles. The topological polar surface area (TPSA) is 235 Å². The van der Waals surface area contributed by atoms with Gasteiger partial charge in [-0.15, -0.1) is 0 Å². The predicted molar refractivity (Wildman–Crippen MR) is 57.3 cm³/mol. The van der Waals surface area contributed by atoms with Gasteiger partial charge in [0.1, 0.15) is 5.60 Å². The van der Waals surface area contributed by atoms with Gasteiger partial charge >= 0.3 is 113 Å². The largest absolute Gasteiger partial charge is 2.00 e. The Morgan fingerprint density at radius 2 is 1.00 bits per heavy atom. The Kier molecular flexibility index (Phi) is 45.2. The van der Waals surface area contributed by atoms with Crippen molar-refractivity contribution in [3.8, 4) is 0 Å². The molecule has 0 atom stereocenters. The molecule has 10 nitrogen and oxygen atoms in total. The first-order chi connectivity index (χ1) is 5.78. The molecule has 0 amide bonds. The van der Waals surface area contributed by atoms with Gasteiger partial charge in [-0.2, -0.15) is 0 Å². The molecule has 0 unspecified atom stereocenters. The van der Waals surface area contributed by atoms with Gasteiger partial charge in [0.15, 0.2) is 0 Å². The Morgan fingerprint density at radius 3 is 1.11 bits per heavy atom. The number of hydrogen-bond donors (Lipinski definition) is 1. The Labute approximate surface area is 197 Å². The van der Waals surface area contributed by atoms with Crippen molar-refractivity contribution in [2.45, 2.75) is 18.4 Å². The molecular formula is C6H11Ca3O10+3. The first-order valence-electron chi connectivity index (χ1n) is 3.11. The molecule has 7 N–H and O–H groups in total. The maximum Gasteiger partial charge on any atom is 2.00 e. The molecule has 0 fully saturated rings. The van der Waals surface area contributed by atoms with E-state index in [-0.39, 0.29) is 130 Å². The van der Waals surface area contributed by atoms with Crippen molar-refractivity contribution in [2.24, 2.45) is 0 Å². The number of aliphatic hydroxyl groups is 1. The second-order valence-corrected chi connectivity index (χ2v) is 2.42. The van der Waals surface area contributed by atoms with Crippen LogP contribution in [0, 0.1) is 0 Å². The van der Waals surface area contributed by atoms with Crippen molar-refractivity contribution in [3.63, 3.8) is 0 Å². The molecule has 0 spiro atoms. The van der Waals surface area contributed by atoms with E-state index in [0.717, 1.165) is 0 Å². The zero-order chi connectivity index (χ0) is 10.6. The molecule has 98 valence electrons. The third-order valence-corrected chi connectivity index (χ3v) is 1.25. The normalized spacial score (nSPS) is 7.42. The second-order valence-electron chi connectivity index (χ2n) is 2.42. The van der Waals surface area contributed by atoms with Crippen LogP contribution in [-0.4, -0.2) is 158 Å². The molecule has 0 saturated carbocycles. The van der Waals surface area contributed by atoms with Crippen LogP contribution < -0.4 is 15.3 Å². The summed E-state index contributed by atoms with van der Waals surface area (Å²) in [5.41, 5.74) is -2.97. The molecular weight excluding hydrogens is 352 g/mol. The minimum atomic E-state index is -2.97. The van der Waals surface area contributed by atoms with Crippen LogP contribution in [0.3, 0.4) is 0 Å². The maximum absolute atomic E-state index is 10.1. The Morgan fingerprint density at radius 1 is 0.789 bits per heavy atom. The smallest absolute Gasteiger partial charge is 0.550 e. The number of carbonyl (C=O) groups is 3. The first kappa shape index (κ1) is 42.9. The van der Waals surface area contributed by atoms with Crippen molar-refractivity contribution in [2.75, 3.05) is 0 Å². The van der Waals surface area contributed by atoms with Gasteiger partial charge in [0.05, 0.1) is 5.97 Å². The van der Waals surface area contributed by atoms with Crippen molar-refractivity contribution in [3.05, 3.63) is 0 Å². The molecule has 0 radical (unpaired) electrons. The van der Waals surface area contributed by atoms with Crippen LogP contribution in [0.4, 0.5) is 0 Å². The van der Waals surface area contributed by atoms with Crippen molar-refractivity contribution in [1.82, 2.24) is 0 Å². The molecule has 0 aromatic carbocycles.